The predicted molar refractivity (Wildman–Crippen MR) is 115 cm³/mol. The summed E-state index contributed by atoms with van der Waals surface area (Å²) in [6, 6.07) is 18.8. The van der Waals surface area contributed by atoms with Crippen LogP contribution in [0.15, 0.2) is 59.6 Å². The van der Waals surface area contributed by atoms with Gasteiger partial charge in [-0.2, -0.15) is 0 Å². The number of carbonyl (C=O) groups is 1. The van der Waals surface area contributed by atoms with Crippen molar-refractivity contribution in [2.24, 2.45) is 4.99 Å². The van der Waals surface area contributed by atoms with Crippen molar-refractivity contribution in [3.63, 3.8) is 0 Å². The van der Waals surface area contributed by atoms with E-state index in [-0.39, 0.29) is 5.91 Å². The average Bonchev–Trinajstić information content (AvgIpc) is 3.16. The minimum Gasteiger partial charge on any atom is -0.358 e. The number of rotatable bonds is 9. The van der Waals surface area contributed by atoms with Crippen LogP contribution in [0.4, 0.5) is 0 Å². The number of hydrogen-bond acceptors (Lipinski definition) is 4. The van der Waals surface area contributed by atoms with Gasteiger partial charge in [0.25, 0.3) is 0 Å². The lowest BCUT2D eigenvalue weighted by Crippen LogP contribution is -2.31. The lowest BCUT2D eigenvalue weighted by atomic mass is 10.1. The number of nitrogens with zero attached hydrogens (tertiary/aromatic N) is 3. The predicted octanol–water partition coefficient (Wildman–Crippen LogP) is 2.56. The van der Waals surface area contributed by atoms with Gasteiger partial charge in [0, 0.05) is 52.3 Å². The smallest absolute Gasteiger partial charge is 0.223 e. The summed E-state index contributed by atoms with van der Waals surface area (Å²) in [5, 5.41) is 3.34. The van der Waals surface area contributed by atoms with Crippen molar-refractivity contribution in [2.75, 3.05) is 40.3 Å². The topological polar surface area (TPSA) is 47.9 Å². The Bertz CT molecular complexity index is 786. The molecule has 0 atom stereocenters. The second-order valence-corrected chi connectivity index (χ2v) is 7.30. The molecule has 2 aromatic carbocycles. The second-order valence-electron chi connectivity index (χ2n) is 7.30. The molecule has 0 saturated heterocycles. The maximum absolute atomic E-state index is 12.3. The van der Waals surface area contributed by atoms with Crippen molar-refractivity contribution in [1.29, 1.82) is 0 Å². The highest BCUT2D eigenvalue weighted by Gasteiger charge is 2.14. The van der Waals surface area contributed by atoms with Crippen LogP contribution in [0.25, 0.3) is 0 Å². The summed E-state index contributed by atoms with van der Waals surface area (Å²) in [4.78, 5) is 20.9. The Morgan fingerprint density at radius 1 is 1.11 bits per heavy atom. The minimum atomic E-state index is 0.180. The van der Waals surface area contributed by atoms with Gasteiger partial charge < -0.3 is 15.1 Å². The van der Waals surface area contributed by atoms with Gasteiger partial charge in [-0.3, -0.25) is 9.79 Å². The molecule has 2 aromatic rings. The molecule has 0 bridgehead atoms. The first-order valence-electron chi connectivity index (χ1n) is 9.97. The van der Waals surface area contributed by atoms with Crippen molar-refractivity contribution < 1.29 is 4.79 Å². The van der Waals surface area contributed by atoms with Crippen LogP contribution in [0.5, 0.6) is 0 Å². The van der Waals surface area contributed by atoms with Crippen molar-refractivity contribution in [1.82, 2.24) is 15.1 Å². The van der Waals surface area contributed by atoms with Gasteiger partial charge in [-0.25, -0.2) is 0 Å². The van der Waals surface area contributed by atoms with Crippen molar-refractivity contribution in [3.05, 3.63) is 71.3 Å². The Labute approximate surface area is 168 Å². The summed E-state index contributed by atoms with van der Waals surface area (Å²) in [7, 11) is 3.96. The van der Waals surface area contributed by atoms with Gasteiger partial charge in [-0.05, 0) is 17.5 Å². The molecule has 0 aromatic heterocycles. The highest BCUT2D eigenvalue weighted by atomic mass is 16.2. The standard InChI is InChI=1S/C23H30N4O/c1-26(22(28)12-14-24-18-20-6-4-3-5-7-20)16-13-19-8-10-21(11-9-19)23-25-15-17-27(23)2/h3-11,24H,12-18H2,1-2H3. The molecule has 1 heterocycles. The molecule has 0 fully saturated rings. The summed E-state index contributed by atoms with van der Waals surface area (Å²) in [6.45, 7) is 4.09. The molecule has 28 heavy (non-hydrogen) atoms. The quantitative estimate of drug-likeness (QED) is 0.682. The zero-order chi connectivity index (χ0) is 19.8. The molecule has 0 saturated carbocycles. The maximum Gasteiger partial charge on any atom is 0.223 e. The van der Waals surface area contributed by atoms with Gasteiger partial charge in [-0.1, -0.05) is 54.6 Å². The molecule has 1 aliphatic heterocycles. The Hall–Kier alpha value is -2.66. The molecule has 1 amide bonds. The number of likely N-dealkylation sites (N-methyl/N-ethyl adjacent to an activating group) is 2. The Morgan fingerprint density at radius 3 is 2.54 bits per heavy atom. The Kier molecular flexibility index (Phi) is 7.20. The number of benzene rings is 2. The molecule has 1 N–H and O–H groups in total. The van der Waals surface area contributed by atoms with Crippen molar-refractivity contribution in [2.45, 2.75) is 19.4 Å². The van der Waals surface area contributed by atoms with Gasteiger partial charge in [0.15, 0.2) is 0 Å². The van der Waals surface area contributed by atoms with E-state index in [0.717, 1.165) is 44.0 Å². The molecule has 0 spiro atoms. The lowest BCUT2D eigenvalue weighted by molar-refractivity contribution is -0.129. The van der Waals surface area contributed by atoms with E-state index in [9.17, 15) is 4.79 Å². The molecular weight excluding hydrogens is 348 g/mol. The van der Waals surface area contributed by atoms with Crippen LogP contribution in [-0.4, -0.2) is 61.8 Å². The van der Waals surface area contributed by atoms with Crippen LogP contribution in [0.3, 0.4) is 0 Å². The first-order valence-corrected chi connectivity index (χ1v) is 9.97. The first kappa shape index (κ1) is 20.1. The van der Waals surface area contributed by atoms with Crippen LogP contribution in [-0.2, 0) is 17.8 Å². The van der Waals surface area contributed by atoms with Gasteiger partial charge in [0.05, 0.1) is 6.54 Å². The van der Waals surface area contributed by atoms with Crippen LogP contribution in [0.2, 0.25) is 0 Å². The molecule has 1 aliphatic rings. The van der Waals surface area contributed by atoms with Crippen LogP contribution >= 0.6 is 0 Å². The fraction of sp³-hybridized carbons (Fsp3) is 0.391. The van der Waals surface area contributed by atoms with E-state index < -0.39 is 0 Å². The molecule has 0 aliphatic carbocycles. The lowest BCUT2D eigenvalue weighted by Gasteiger charge is -2.18. The van der Waals surface area contributed by atoms with Crippen molar-refractivity contribution >= 4 is 11.7 Å². The van der Waals surface area contributed by atoms with Crippen LogP contribution in [0.1, 0.15) is 23.1 Å². The normalized spacial score (nSPS) is 13.5. The number of amides is 1. The fourth-order valence-corrected chi connectivity index (χ4v) is 3.30. The number of carbonyl (C=O) groups excluding carboxylic acids is 1. The van der Waals surface area contributed by atoms with Crippen LogP contribution in [0, 0.1) is 0 Å². The third kappa shape index (κ3) is 5.67. The number of hydrogen-bond donors (Lipinski definition) is 1. The molecule has 3 rings (SSSR count). The van der Waals surface area contributed by atoms with Gasteiger partial charge >= 0.3 is 0 Å². The molecule has 0 radical (unpaired) electrons. The first-order chi connectivity index (χ1) is 13.6. The van der Waals surface area contributed by atoms with Crippen LogP contribution < -0.4 is 5.32 Å². The fourth-order valence-electron chi connectivity index (χ4n) is 3.30. The van der Waals surface area contributed by atoms with Gasteiger partial charge in [0.1, 0.15) is 5.84 Å². The molecule has 0 unspecified atom stereocenters. The molecule has 5 nitrogen and oxygen atoms in total. The van der Waals surface area contributed by atoms with E-state index in [1.165, 1.54) is 11.1 Å². The maximum atomic E-state index is 12.3. The largest absolute Gasteiger partial charge is 0.358 e. The summed E-state index contributed by atoms with van der Waals surface area (Å²) in [5.41, 5.74) is 3.64. The zero-order valence-corrected chi connectivity index (χ0v) is 16.9. The third-order valence-corrected chi connectivity index (χ3v) is 5.12. The summed E-state index contributed by atoms with van der Waals surface area (Å²) in [6.07, 6.45) is 1.39. The number of amidine groups is 1. The van der Waals surface area contributed by atoms with E-state index in [2.05, 4.69) is 58.7 Å². The van der Waals surface area contributed by atoms with Gasteiger partial charge in [0.2, 0.25) is 5.91 Å². The third-order valence-electron chi connectivity index (χ3n) is 5.12. The number of nitrogens with one attached hydrogen (secondary N) is 1. The minimum absolute atomic E-state index is 0.180. The summed E-state index contributed by atoms with van der Waals surface area (Å²) >= 11 is 0. The number of aliphatic imine (C=N–C) groups is 1. The molecule has 148 valence electrons. The summed E-state index contributed by atoms with van der Waals surface area (Å²) < 4.78 is 0. The van der Waals surface area contributed by atoms with E-state index in [0.29, 0.717) is 13.0 Å². The van der Waals surface area contributed by atoms with Crippen molar-refractivity contribution in [3.8, 4) is 0 Å². The molecule has 5 heteroatoms. The SMILES string of the molecule is CN(CCc1ccc(C2=NCCN2C)cc1)C(=O)CCNCc1ccccc1. The highest BCUT2D eigenvalue weighted by Crippen LogP contribution is 2.12. The zero-order valence-electron chi connectivity index (χ0n) is 16.9. The summed E-state index contributed by atoms with van der Waals surface area (Å²) in [5.74, 6) is 1.25. The van der Waals surface area contributed by atoms with E-state index in [1.807, 2.05) is 30.1 Å². The Morgan fingerprint density at radius 2 is 1.86 bits per heavy atom. The Balaban J connectivity index is 1.37. The highest BCUT2D eigenvalue weighted by molar-refractivity contribution is 5.99. The van der Waals surface area contributed by atoms with E-state index in [1.54, 1.807) is 0 Å². The average molecular weight is 379 g/mol. The second kappa shape index (κ2) is 10.0. The monoisotopic (exact) mass is 378 g/mol. The van der Waals surface area contributed by atoms with E-state index in [4.69, 9.17) is 0 Å². The molecular formula is C23H30N4O. The van der Waals surface area contributed by atoms with Gasteiger partial charge in [-0.15, -0.1) is 0 Å². The van der Waals surface area contributed by atoms with E-state index >= 15 is 0 Å².